The molecule has 1 aliphatic rings. The predicted octanol–water partition coefficient (Wildman–Crippen LogP) is 6.32. The Morgan fingerprint density at radius 2 is 1.63 bits per heavy atom. The third-order valence-corrected chi connectivity index (χ3v) is 8.62. The van der Waals surface area contributed by atoms with Crippen LogP contribution in [0.15, 0.2) is 66.7 Å². The quantitative estimate of drug-likeness (QED) is 0.213. The number of aliphatic carboxylic acids is 1. The van der Waals surface area contributed by atoms with Crippen molar-refractivity contribution in [3.63, 3.8) is 0 Å². The Morgan fingerprint density at radius 1 is 0.854 bits per heavy atom. The summed E-state index contributed by atoms with van der Waals surface area (Å²) < 4.78 is 1.17. The van der Waals surface area contributed by atoms with Crippen LogP contribution in [0.4, 0.5) is 5.13 Å². The number of hydrogen-bond acceptors (Lipinski definition) is 7. The number of amides is 1. The average molecular weight is 586 g/mol. The summed E-state index contributed by atoms with van der Waals surface area (Å²) in [6.07, 6.45) is 1.92. The number of piperazine rings is 1. The van der Waals surface area contributed by atoms with Crippen LogP contribution in [0.3, 0.4) is 0 Å². The molecular weight excluding hydrogens is 558 g/mol. The van der Waals surface area contributed by atoms with E-state index in [0.29, 0.717) is 54.0 Å². The van der Waals surface area contributed by atoms with Gasteiger partial charge in [-0.2, -0.15) is 0 Å². The molecule has 41 heavy (non-hydrogen) atoms. The summed E-state index contributed by atoms with van der Waals surface area (Å²) in [5.41, 5.74) is 5.34. The molecule has 8 nitrogen and oxygen atoms in total. The van der Waals surface area contributed by atoms with E-state index in [1.165, 1.54) is 4.70 Å². The smallest absolute Gasteiger partial charge is 0.303 e. The van der Waals surface area contributed by atoms with Gasteiger partial charge < -0.3 is 14.9 Å². The molecule has 3 aromatic carbocycles. The molecule has 0 saturated carbocycles. The average Bonchev–Trinajstić information content (AvgIpc) is 3.43. The molecule has 0 bridgehead atoms. The van der Waals surface area contributed by atoms with Crippen LogP contribution in [0.5, 0.6) is 0 Å². The van der Waals surface area contributed by atoms with Crippen LogP contribution in [-0.4, -0.2) is 63.0 Å². The number of carbonyl (C=O) groups is 2. The zero-order chi connectivity index (χ0) is 28.3. The van der Waals surface area contributed by atoms with Crippen molar-refractivity contribution in [2.75, 3.05) is 31.1 Å². The lowest BCUT2D eigenvalue weighted by molar-refractivity contribution is -0.137. The number of carboxylic acid groups (broad SMARTS) is 1. The molecular formula is C31H28ClN5O3S. The van der Waals surface area contributed by atoms with Crippen LogP contribution in [0.25, 0.3) is 32.5 Å². The number of unbranched alkanes of at least 4 members (excludes halogenated alkanes) is 1. The number of carbonyl (C=O) groups excluding carboxylic acids is 1. The third-order valence-electron chi connectivity index (χ3n) is 7.28. The second-order valence-electron chi connectivity index (χ2n) is 10.1. The first-order valence-electron chi connectivity index (χ1n) is 13.6. The number of benzene rings is 3. The van der Waals surface area contributed by atoms with E-state index in [1.54, 1.807) is 11.3 Å². The van der Waals surface area contributed by atoms with Crippen LogP contribution in [0, 0.1) is 0 Å². The summed E-state index contributed by atoms with van der Waals surface area (Å²) in [6, 6.07) is 21.1. The number of fused-ring (bicyclic) bond motifs is 2. The Kier molecular flexibility index (Phi) is 7.80. The Labute approximate surface area is 246 Å². The van der Waals surface area contributed by atoms with Gasteiger partial charge in [-0.1, -0.05) is 47.2 Å². The summed E-state index contributed by atoms with van der Waals surface area (Å²) in [4.78, 5) is 43.2. The molecule has 6 rings (SSSR count). The molecule has 0 unspecified atom stereocenters. The topological polar surface area (TPSA) is 99.5 Å². The van der Waals surface area contributed by atoms with Crippen LogP contribution < -0.4 is 4.90 Å². The van der Waals surface area contributed by atoms with E-state index in [2.05, 4.69) is 11.0 Å². The van der Waals surface area contributed by atoms with Crippen molar-refractivity contribution in [1.82, 2.24) is 19.9 Å². The lowest BCUT2D eigenvalue weighted by Crippen LogP contribution is -2.48. The van der Waals surface area contributed by atoms with Crippen molar-refractivity contribution in [3.8, 4) is 11.3 Å². The minimum Gasteiger partial charge on any atom is -0.481 e. The highest BCUT2D eigenvalue weighted by molar-refractivity contribution is 7.22. The van der Waals surface area contributed by atoms with Crippen molar-refractivity contribution < 1.29 is 14.7 Å². The second kappa shape index (κ2) is 11.8. The van der Waals surface area contributed by atoms with E-state index >= 15 is 0 Å². The first-order valence-corrected chi connectivity index (χ1v) is 14.8. The van der Waals surface area contributed by atoms with Crippen LogP contribution in [-0.2, 0) is 11.2 Å². The minimum absolute atomic E-state index is 0.0255. The van der Waals surface area contributed by atoms with Gasteiger partial charge in [0.1, 0.15) is 0 Å². The van der Waals surface area contributed by atoms with Gasteiger partial charge in [-0.25, -0.2) is 15.0 Å². The summed E-state index contributed by atoms with van der Waals surface area (Å²) in [6.45, 7) is 2.68. The SMILES string of the molecule is O=C(O)CCCCc1nc2cc(C(=O)N3CCN(c4nc5ccccc5s4)CC3)ccc2nc1-c1ccc(Cl)cc1. The monoisotopic (exact) mass is 585 g/mol. The largest absolute Gasteiger partial charge is 0.481 e. The predicted molar refractivity (Wildman–Crippen MR) is 163 cm³/mol. The molecule has 208 valence electrons. The number of nitrogens with zero attached hydrogens (tertiary/aromatic N) is 5. The van der Waals surface area contributed by atoms with Gasteiger partial charge in [-0.3, -0.25) is 9.59 Å². The zero-order valence-electron chi connectivity index (χ0n) is 22.3. The molecule has 0 aliphatic carbocycles. The van der Waals surface area contributed by atoms with Crippen LogP contribution >= 0.6 is 22.9 Å². The Bertz CT molecular complexity index is 1700. The molecule has 0 radical (unpaired) electrons. The number of anilines is 1. The summed E-state index contributed by atoms with van der Waals surface area (Å²) in [7, 11) is 0. The highest BCUT2D eigenvalue weighted by Crippen LogP contribution is 2.30. The Hall–Kier alpha value is -4.08. The van der Waals surface area contributed by atoms with Crippen molar-refractivity contribution >= 4 is 61.2 Å². The van der Waals surface area contributed by atoms with Crippen molar-refractivity contribution in [2.45, 2.75) is 25.7 Å². The fraction of sp³-hybridized carbons (Fsp3) is 0.258. The van der Waals surface area contributed by atoms with Crippen molar-refractivity contribution in [1.29, 1.82) is 0 Å². The number of aromatic nitrogens is 3. The minimum atomic E-state index is -0.809. The zero-order valence-corrected chi connectivity index (χ0v) is 23.9. The van der Waals surface area contributed by atoms with Gasteiger partial charge >= 0.3 is 5.97 Å². The molecule has 0 spiro atoms. The number of aryl methyl sites for hydroxylation is 1. The lowest BCUT2D eigenvalue weighted by Gasteiger charge is -2.34. The highest BCUT2D eigenvalue weighted by atomic mass is 35.5. The first-order chi connectivity index (χ1) is 19.9. The van der Waals surface area contributed by atoms with E-state index in [1.807, 2.05) is 65.6 Å². The van der Waals surface area contributed by atoms with Gasteiger partial charge in [-0.15, -0.1) is 0 Å². The standard InChI is InChI=1S/C31H28ClN5O3S/c32-22-12-9-20(10-13-22)29-25(6-2-4-8-28(38)39)33-26-19-21(11-14-23(26)34-29)30(40)36-15-17-37(18-16-36)31-35-24-5-1-3-7-27(24)41-31/h1,3,5,7,9-14,19H,2,4,6,8,15-18H2,(H,38,39). The molecule has 1 amide bonds. The number of halogens is 1. The maximum absolute atomic E-state index is 13.5. The maximum atomic E-state index is 13.5. The van der Waals surface area contributed by atoms with E-state index in [4.69, 9.17) is 31.7 Å². The molecule has 1 N–H and O–H groups in total. The normalized spacial score (nSPS) is 13.7. The maximum Gasteiger partial charge on any atom is 0.303 e. The van der Waals surface area contributed by atoms with Crippen LogP contribution in [0.2, 0.25) is 5.02 Å². The van der Waals surface area contributed by atoms with Gasteiger partial charge in [0.25, 0.3) is 5.91 Å². The second-order valence-corrected chi connectivity index (χ2v) is 11.5. The molecule has 1 aliphatic heterocycles. The Balaban J connectivity index is 1.21. The fourth-order valence-electron chi connectivity index (χ4n) is 5.08. The number of thiazole rings is 1. The molecule has 2 aromatic heterocycles. The van der Waals surface area contributed by atoms with Gasteiger partial charge in [0.15, 0.2) is 5.13 Å². The van der Waals surface area contributed by atoms with E-state index < -0.39 is 5.97 Å². The summed E-state index contributed by atoms with van der Waals surface area (Å²) in [5.74, 6) is -0.834. The van der Waals surface area contributed by atoms with E-state index in [-0.39, 0.29) is 12.3 Å². The van der Waals surface area contributed by atoms with Gasteiger partial charge in [-0.05, 0) is 61.7 Å². The summed E-state index contributed by atoms with van der Waals surface area (Å²) >= 11 is 7.78. The first kappa shape index (κ1) is 27.1. The molecule has 1 fully saturated rings. The Morgan fingerprint density at radius 3 is 2.39 bits per heavy atom. The number of para-hydroxylation sites is 1. The van der Waals surface area contributed by atoms with E-state index in [9.17, 15) is 9.59 Å². The van der Waals surface area contributed by atoms with Gasteiger partial charge in [0, 0.05) is 48.7 Å². The van der Waals surface area contributed by atoms with Crippen LogP contribution in [0.1, 0.15) is 35.3 Å². The molecule has 10 heteroatoms. The van der Waals surface area contributed by atoms with Crippen molar-refractivity contribution in [3.05, 3.63) is 83.0 Å². The van der Waals surface area contributed by atoms with Gasteiger partial charge in [0.2, 0.25) is 0 Å². The number of carboxylic acids is 1. The summed E-state index contributed by atoms with van der Waals surface area (Å²) in [5, 5.41) is 10.6. The highest BCUT2D eigenvalue weighted by Gasteiger charge is 2.24. The molecule has 5 aromatic rings. The lowest BCUT2D eigenvalue weighted by atomic mass is 10.0. The molecule has 0 atom stereocenters. The number of rotatable bonds is 8. The third kappa shape index (κ3) is 6.01. The number of hydrogen-bond donors (Lipinski definition) is 1. The molecule has 3 heterocycles. The van der Waals surface area contributed by atoms with Crippen molar-refractivity contribution in [2.24, 2.45) is 0 Å². The molecule has 1 saturated heterocycles. The fourth-order valence-corrected chi connectivity index (χ4v) is 6.23. The van der Waals surface area contributed by atoms with Gasteiger partial charge in [0.05, 0.1) is 32.6 Å². The van der Waals surface area contributed by atoms with E-state index in [0.717, 1.165) is 40.7 Å².